The molecule has 2 N–H and O–H groups in total. The molecule has 0 amide bonds. The molecule has 1 heterocycles. The van der Waals surface area contributed by atoms with Crippen molar-refractivity contribution in [1.29, 1.82) is 0 Å². The monoisotopic (exact) mass is 229 g/mol. The Morgan fingerprint density at radius 3 is 2.76 bits per heavy atom. The first kappa shape index (κ1) is 12.7. The molecular formula is C13H15N3O. The number of aromatic nitrogens is 2. The van der Waals surface area contributed by atoms with Crippen LogP contribution in [0.25, 0.3) is 11.0 Å². The van der Waals surface area contributed by atoms with Crippen LogP contribution < -0.4 is 5.32 Å². The third-order valence-corrected chi connectivity index (χ3v) is 1.89. The molecule has 0 unspecified atom stereocenters. The van der Waals surface area contributed by atoms with Gasteiger partial charge >= 0.3 is 0 Å². The molecule has 2 aromatic rings. The zero-order chi connectivity index (χ0) is 12.3. The molecule has 88 valence electrons. The van der Waals surface area contributed by atoms with E-state index in [1.54, 1.807) is 31.7 Å². The van der Waals surface area contributed by atoms with Gasteiger partial charge in [-0.2, -0.15) is 0 Å². The molecule has 0 atom stereocenters. The van der Waals surface area contributed by atoms with Crippen LogP contribution in [0.3, 0.4) is 0 Å². The minimum atomic E-state index is 0.736. The van der Waals surface area contributed by atoms with E-state index in [-0.39, 0.29) is 0 Å². The van der Waals surface area contributed by atoms with Crippen molar-refractivity contribution in [3.05, 3.63) is 55.0 Å². The molecule has 1 aromatic carbocycles. The third-order valence-electron chi connectivity index (χ3n) is 1.89. The summed E-state index contributed by atoms with van der Waals surface area (Å²) in [5.74, 6) is 0. The Balaban J connectivity index is 0.000000172. The van der Waals surface area contributed by atoms with Crippen molar-refractivity contribution in [2.45, 2.75) is 0 Å². The number of hydrogen-bond acceptors (Lipinski definition) is 3. The molecule has 2 rings (SSSR count). The largest absolute Gasteiger partial charge is 0.394 e. The van der Waals surface area contributed by atoms with Crippen LogP contribution in [-0.2, 0) is 4.79 Å². The van der Waals surface area contributed by atoms with E-state index < -0.39 is 0 Å². The first-order valence-corrected chi connectivity index (χ1v) is 5.21. The number of fused-ring (bicyclic) bond motifs is 1. The Bertz CT molecular complexity index is 470. The van der Waals surface area contributed by atoms with Crippen LogP contribution in [0.4, 0.5) is 0 Å². The number of carbonyl (C=O) groups excluding carboxylic acids is 1. The van der Waals surface area contributed by atoms with E-state index in [0.29, 0.717) is 0 Å². The minimum absolute atomic E-state index is 0.736. The molecule has 4 heteroatoms. The topological polar surface area (TPSA) is 57.8 Å². The van der Waals surface area contributed by atoms with Crippen LogP contribution in [0.5, 0.6) is 0 Å². The number of aromatic amines is 1. The highest BCUT2D eigenvalue weighted by molar-refractivity contribution is 5.73. The number of nitrogens with zero attached hydrogens (tertiary/aromatic N) is 1. The quantitative estimate of drug-likeness (QED) is 0.481. The summed E-state index contributed by atoms with van der Waals surface area (Å²) in [5.41, 5.74) is 2.12. The summed E-state index contributed by atoms with van der Waals surface area (Å²) < 4.78 is 0. The maximum Gasteiger partial charge on any atom is 0.142 e. The number of para-hydroxylation sites is 2. The minimum Gasteiger partial charge on any atom is -0.394 e. The lowest BCUT2D eigenvalue weighted by Crippen LogP contribution is -1.89. The fourth-order valence-corrected chi connectivity index (χ4v) is 1.14. The molecule has 0 saturated carbocycles. The van der Waals surface area contributed by atoms with Gasteiger partial charge in [-0.15, -0.1) is 0 Å². The van der Waals surface area contributed by atoms with Crippen LogP contribution >= 0.6 is 0 Å². The van der Waals surface area contributed by atoms with Gasteiger partial charge in [0.15, 0.2) is 0 Å². The van der Waals surface area contributed by atoms with Crippen molar-refractivity contribution in [3.8, 4) is 0 Å². The van der Waals surface area contributed by atoms with Gasteiger partial charge in [-0.3, -0.25) is 4.79 Å². The number of nitrogens with one attached hydrogen (secondary N) is 2. The molecule has 0 aliphatic heterocycles. The van der Waals surface area contributed by atoms with Crippen LogP contribution in [0, 0.1) is 0 Å². The molecule has 0 bridgehead atoms. The summed E-state index contributed by atoms with van der Waals surface area (Å²) in [6.45, 7) is 0. The van der Waals surface area contributed by atoms with E-state index in [2.05, 4.69) is 15.3 Å². The van der Waals surface area contributed by atoms with Gasteiger partial charge in [0.25, 0.3) is 0 Å². The molecule has 0 spiro atoms. The number of hydrogen-bond donors (Lipinski definition) is 2. The van der Waals surface area contributed by atoms with Gasteiger partial charge in [0.2, 0.25) is 0 Å². The van der Waals surface area contributed by atoms with E-state index in [4.69, 9.17) is 0 Å². The first-order chi connectivity index (χ1) is 8.38. The Hall–Kier alpha value is -2.36. The molecule has 0 saturated heterocycles. The molecule has 0 radical (unpaired) electrons. The lowest BCUT2D eigenvalue weighted by atomic mass is 10.3. The summed E-state index contributed by atoms with van der Waals surface area (Å²) in [6.07, 6.45) is 9.00. The summed E-state index contributed by atoms with van der Waals surface area (Å²) in [4.78, 5) is 16.7. The van der Waals surface area contributed by atoms with Gasteiger partial charge in [-0.05, 0) is 30.5 Å². The van der Waals surface area contributed by atoms with Crippen molar-refractivity contribution in [2.75, 3.05) is 7.05 Å². The zero-order valence-electron chi connectivity index (χ0n) is 9.63. The second-order valence-corrected chi connectivity index (χ2v) is 3.09. The van der Waals surface area contributed by atoms with Gasteiger partial charge in [-0.1, -0.05) is 18.2 Å². The predicted octanol–water partition coefficient (Wildman–Crippen LogP) is 2.04. The molecule has 1 aromatic heterocycles. The second-order valence-electron chi connectivity index (χ2n) is 3.09. The molecule has 17 heavy (non-hydrogen) atoms. The van der Waals surface area contributed by atoms with Crippen LogP contribution in [-0.4, -0.2) is 23.3 Å². The van der Waals surface area contributed by atoms with Crippen molar-refractivity contribution in [3.63, 3.8) is 0 Å². The summed E-state index contributed by atoms with van der Waals surface area (Å²) in [6, 6.07) is 7.94. The fraction of sp³-hybridized carbons (Fsp3) is 0.0769. The number of allylic oxidation sites excluding steroid dienone is 3. The molecule has 0 aliphatic carbocycles. The maximum atomic E-state index is 9.63. The van der Waals surface area contributed by atoms with Crippen molar-refractivity contribution >= 4 is 17.3 Å². The van der Waals surface area contributed by atoms with Crippen molar-refractivity contribution in [1.82, 2.24) is 15.3 Å². The Morgan fingerprint density at radius 1 is 1.24 bits per heavy atom. The summed E-state index contributed by atoms with van der Waals surface area (Å²) in [7, 11) is 1.80. The highest BCUT2D eigenvalue weighted by Crippen LogP contribution is 2.05. The second kappa shape index (κ2) is 7.87. The SMILES string of the molecule is CN/C=C\C=C/C=O.c1ccc2[nH]cnc2c1. The average Bonchev–Trinajstić information content (AvgIpc) is 2.84. The van der Waals surface area contributed by atoms with E-state index in [1.165, 1.54) is 6.08 Å². The zero-order valence-corrected chi connectivity index (χ0v) is 9.63. The Labute approximate surface area is 100 Å². The number of rotatable bonds is 3. The number of carbonyl (C=O) groups is 1. The summed E-state index contributed by atoms with van der Waals surface area (Å²) >= 11 is 0. The first-order valence-electron chi connectivity index (χ1n) is 5.21. The Kier molecular flexibility index (Phi) is 5.88. The van der Waals surface area contributed by atoms with Crippen molar-refractivity contribution in [2.24, 2.45) is 0 Å². The van der Waals surface area contributed by atoms with Gasteiger partial charge in [0, 0.05) is 7.05 Å². The highest BCUT2D eigenvalue weighted by Gasteiger charge is 1.88. The predicted molar refractivity (Wildman–Crippen MR) is 69.5 cm³/mol. The van der Waals surface area contributed by atoms with Gasteiger partial charge < -0.3 is 10.3 Å². The van der Waals surface area contributed by atoms with Crippen LogP contribution in [0.1, 0.15) is 0 Å². The van der Waals surface area contributed by atoms with Crippen molar-refractivity contribution < 1.29 is 4.79 Å². The lowest BCUT2D eigenvalue weighted by Gasteiger charge is -1.81. The van der Waals surface area contributed by atoms with Crippen LogP contribution in [0.2, 0.25) is 0 Å². The lowest BCUT2D eigenvalue weighted by molar-refractivity contribution is -0.104. The maximum absolute atomic E-state index is 9.63. The number of aldehydes is 1. The summed E-state index contributed by atoms with van der Waals surface area (Å²) in [5, 5.41) is 2.78. The molecule has 0 fully saturated rings. The van der Waals surface area contributed by atoms with E-state index in [0.717, 1.165) is 17.3 Å². The van der Waals surface area contributed by atoms with E-state index in [1.807, 2.05) is 24.3 Å². The molecule has 4 nitrogen and oxygen atoms in total. The van der Waals surface area contributed by atoms with E-state index in [9.17, 15) is 4.79 Å². The molecular weight excluding hydrogens is 214 g/mol. The number of H-pyrrole nitrogens is 1. The van der Waals surface area contributed by atoms with Gasteiger partial charge in [0.1, 0.15) is 6.29 Å². The van der Waals surface area contributed by atoms with E-state index >= 15 is 0 Å². The number of benzene rings is 1. The number of imidazole rings is 1. The standard InChI is InChI=1S/C7H6N2.C6H9NO/c1-2-4-7-6(3-1)8-5-9-7;1-7-5-3-2-4-6-8/h1-5H,(H,8,9);2-7H,1H3/b;4-2-,5-3-. The fourth-order valence-electron chi connectivity index (χ4n) is 1.14. The Morgan fingerprint density at radius 2 is 2.06 bits per heavy atom. The smallest absolute Gasteiger partial charge is 0.142 e. The van der Waals surface area contributed by atoms with Crippen LogP contribution in [0.15, 0.2) is 55.0 Å². The average molecular weight is 229 g/mol. The van der Waals surface area contributed by atoms with Gasteiger partial charge in [0.05, 0.1) is 17.4 Å². The van der Waals surface area contributed by atoms with Gasteiger partial charge in [-0.25, -0.2) is 4.98 Å². The normalized spacial score (nSPS) is 10.4. The molecule has 0 aliphatic rings. The third kappa shape index (κ3) is 4.79. The highest BCUT2D eigenvalue weighted by atomic mass is 16.1.